The van der Waals surface area contributed by atoms with Gasteiger partial charge >= 0.3 is 0 Å². The summed E-state index contributed by atoms with van der Waals surface area (Å²) in [6, 6.07) is 0. The molecule has 18 heavy (non-hydrogen) atoms. The number of rotatable bonds is 2. The van der Waals surface area contributed by atoms with Crippen LogP contribution in [0, 0.1) is 18.3 Å². The lowest BCUT2D eigenvalue weighted by molar-refractivity contribution is -0.125. The summed E-state index contributed by atoms with van der Waals surface area (Å²) in [6.45, 7) is 7.39. The molecule has 2 N–H and O–H groups in total. The molecule has 0 bridgehead atoms. The zero-order valence-electron chi connectivity index (χ0n) is 11.3. The van der Waals surface area contributed by atoms with Gasteiger partial charge in [-0.05, 0) is 12.3 Å². The fraction of sp³-hybridized carbons (Fsp3) is 0.636. The number of amides is 1. The molecule has 0 aliphatic heterocycles. The largest absolute Gasteiger partial charge is 0.409 e. The second-order valence-electron chi connectivity index (χ2n) is 5.11. The number of carbonyl (C=O) groups excluding carboxylic acids is 1. The van der Waals surface area contributed by atoms with Crippen molar-refractivity contribution in [2.24, 2.45) is 16.5 Å². The van der Waals surface area contributed by atoms with Crippen LogP contribution in [0.25, 0.3) is 0 Å². The van der Waals surface area contributed by atoms with E-state index in [0.29, 0.717) is 5.82 Å². The topological polar surface area (TPSA) is 92.4 Å². The molecule has 0 saturated carbocycles. The molecular formula is C11H19N5O2. The van der Waals surface area contributed by atoms with Crippen LogP contribution in [0.5, 0.6) is 0 Å². The highest BCUT2D eigenvalue weighted by Crippen LogP contribution is 2.27. The fourth-order valence-electron chi connectivity index (χ4n) is 1.73. The highest BCUT2D eigenvalue weighted by Gasteiger charge is 2.37. The van der Waals surface area contributed by atoms with E-state index in [1.165, 1.54) is 11.0 Å². The molecule has 1 aromatic heterocycles. The van der Waals surface area contributed by atoms with Crippen LogP contribution in [0.1, 0.15) is 26.6 Å². The number of oxime groups is 1. The van der Waals surface area contributed by atoms with Gasteiger partial charge in [-0.25, -0.2) is 9.67 Å². The molecular weight excluding hydrogens is 234 g/mol. The van der Waals surface area contributed by atoms with Gasteiger partial charge in [0.05, 0.1) is 0 Å². The first-order valence-corrected chi connectivity index (χ1v) is 5.63. The maximum absolute atomic E-state index is 12.0. The Hall–Kier alpha value is -1.92. The molecule has 0 fully saturated rings. The number of carbonyl (C=O) groups is 1. The van der Waals surface area contributed by atoms with Crippen LogP contribution < -0.4 is 5.32 Å². The van der Waals surface area contributed by atoms with Crippen LogP contribution >= 0.6 is 0 Å². The third-order valence-electron chi connectivity index (χ3n) is 2.58. The van der Waals surface area contributed by atoms with Crippen molar-refractivity contribution in [2.45, 2.75) is 27.7 Å². The van der Waals surface area contributed by atoms with Crippen molar-refractivity contribution >= 4 is 11.7 Å². The Labute approximate surface area is 106 Å². The smallest absolute Gasteiger partial charge is 0.231 e. The van der Waals surface area contributed by atoms with Crippen molar-refractivity contribution in [1.29, 1.82) is 0 Å². The molecule has 0 aromatic carbocycles. The van der Waals surface area contributed by atoms with Gasteiger partial charge in [-0.1, -0.05) is 25.9 Å². The van der Waals surface area contributed by atoms with Crippen LogP contribution in [-0.2, 0) is 4.79 Å². The second kappa shape index (κ2) is 5.16. The Kier molecular flexibility index (Phi) is 4.05. The standard InChI is InChI=1S/C11H19N5O2/c1-7-13-6-16(14-7)9(15-18)8(10(17)12-5)11(2,3)4/h6,8,18H,1-5H3,(H,12,17). The van der Waals surface area contributed by atoms with E-state index in [4.69, 9.17) is 0 Å². The van der Waals surface area contributed by atoms with Crippen LogP contribution in [0.4, 0.5) is 0 Å². The molecule has 7 heteroatoms. The number of nitrogens with zero attached hydrogens (tertiary/aromatic N) is 4. The predicted octanol–water partition coefficient (Wildman–Crippen LogP) is 0.631. The SMILES string of the molecule is CNC(=O)C(C(=NO)n1cnc(C)n1)C(C)(C)C. The average Bonchev–Trinajstić information content (AvgIpc) is 2.69. The molecule has 0 aliphatic rings. The van der Waals surface area contributed by atoms with Gasteiger partial charge in [0.25, 0.3) is 0 Å². The molecule has 7 nitrogen and oxygen atoms in total. The lowest BCUT2D eigenvalue weighted by Crippen LogP contribution is -2.44. The summed E-state index contributed by atoms with van der Waals surface area (Å²) in [5, 5.41) is 19.0. The summed E-state index contributed by atoms with van der Waals surface area (Å²) < 4.78 is 1.32. The van der Waals surface area contributed by atoms with Crippen molar-refractivity contribution in [3.8, 4) is 0 Å². The highest BCUT2D eigenvalue weighted by atomic mass is 16.4. The monoisotopic (exact) mass is 253 g/mol. The first kappa shape index (κ1) is 14.1. The minimum absolute atomic E-state index is 0.155. The maximum atomic E-state index is 12.0. The van der Waals surface area contributed by atoms with Gasteiger partial charge in [-0.2, -0.15) is 5.10 Å². The van der Waals surface area contributed by atoms with Gasteiger partial charge in [0.1, 0.15) is 18.1 Å². The van der Waals surface area contributed by atoms with Gasteiger partial charge in [-0.15, -0.1) is 0 Å². The number of nitrogens with one attached hydrogen (secondary N) is 1. The molecule has 0 saturated heterocycles. The summed E-state index contributed by atoms with van der Waals surface area (Å²) in [7, 11) is 1.54. The fourth-order valence-corrected chi connectivity index (χ4v) is 1.73. The van der Waals surface area contributed by atoms with Gasteiger partial charge in [0, 0.05) is 7.05 Å². The van der Waals surface area contributed by atoms with E-state index in [1.807, 2.05) is 20.8 Å². The molecule has 1 unspecified atom stereocenters. The second-order valence-corrected chi connectivity index (χ2v) is 5.11. The van der Waals surface area contributed by atoms with Crippen LogP contribution in [0.15, 0.2) is 11.5 Å². The van der Waals surface area contributed by atoms with E-state index in [2.05, 4.69) is 20.6 Å². The molecule has 1 rings (SSSR count). The van der Waals surface area contributed by atoms with Gasteiger partial charge in [0.15, 0.2) is 5.84 Å². The van der Waals surface area contributed by atoms with E-state index in [-0.39, 0.29) is 11.7 Å². The van der Waals surface area contributed by atoms with E-state index in [1.54, 1.807) is 14.0 Å². The van der Waals surface area contributed by atoms with Crippen LogP contribution in [-0.4, -0.2) is 38.8 Å². The zero-order valence-corrected chi connectivity index (χ0v) is 11.3. The molecule has 1 heterocycles. The molecule has 0 radical (unpaired) electrons. The normalized spacial score (nSPS) is 14.4. The zero-order chi connectivity index (χ0) is 13.9. The maximum Gasteiger partial charge on any atom is 0.231 e. The van der Waals surface area contributed by atoms with Gasteiger partial charge in [-0.3, -0.25) is 4.79 Å². The first-order chi connectivity index (χ1) is 8.31. The van der Waals surface area contributed by atoms with Crippen molar-refractivity contribution < 1.29 is 10.0 Å². The summed E-state index contributed by atoms with van der Waals surface area (Å²) in [4.78, 5) is 15.9. The molecule has 0 aliphatic carbocycles. The highest BCUT2D eigenvalue weighted by molar-refractivity contribution is 6.04. The minimum atomic E-state index is -0.631. The summed E-state index contributed by atoms with van der Waals surface area (Å²) in [5.74, 6) is -0.166. The molecule has 1 atom stereocenters. The summed E-state index contributed by atoms with van der Waals surface area (Å²) in [6.07, 6.45) is 1.42. The van der Waals surface area contributed by atoms with Crippen molar-refractivity contribution in [2.75, 3.05) is 7.05 Å². The third-order valence-corrected chi connectivity index (χ3v) is 2.58. The van der Waals surface area contributed by atoms with E-state index in [9.17, 15) is 10.0 Å². The first-order valence-electron chi connectivity index (χ1n) is 5.63. The lowest BCUT2D eigenvalue weighted by atomic mass is 9.79. The van der Waals surface area contributed by atoms with Gasteiger partial charge < -0.3 is 10.5 Å². The Morgan fingerprint density at radius 2 is 2.17 bits per heavy atom. The Morgan fingerprint density at radius 1 is 1.56 bits per heavy atom. The molecule has 1 amide bonds. The van der Waals surface area contributed by atoms with Crippen LogP contribution in [0.2, 0.25) is 0 Å². The van der Waals surface area contributed by atoms with Crippen molar-refractivity contribution in [3.05, 3.63) is 12.2 Å². The van der Waals surface area contributed by atoms with E-state index < -0.39 is 11.3 Å². The lowest BCUT2D eigenvalue weighted by Gasteiger charge is -2.28. The summed E-state index contributed by atoms with van der Waals surface area (Å²) in [5.41, 5.74) is -0.415. The number of aryl methyl sites for hydroxylation is 1. The molecule has 100 valence electrons. The number of hydrogen-bond donors (Lipinski definition) is 2. The Morgan fingerprint density at radius 3 is 2.50 bits per heavy atom. The Bertz CT molecular complexity index is 458. The average molecular weight is 253 g/mol. The van der Waals surface area contributed by atoms with Crippen LogP contribution in [0.3, 0.4) is 0 Å². The Balaban J connectivity index is 3.23. The molecule has 0 spiro atoms. The third kappa shape index (κ3) is 2.85. The van der Waals surface area contributed by atoms with Crippen molar-refractivity contribution in [1.82, 2.24) is 20.1 Å². The number of hydrogen-bond acceptors (Lipinski definition) is 5. The predicted molar refractivity (Wildman–Crippen MR) is 66.4 cm³/mol. The van der Waals surface area contributed by atoms with Crippen molar-refractivity contribution in [3.63, 3.8) is 0 Å². The number of aromatic nitrogens is 3. The molecule has 1 aromatic rings. The van der Waals surface area contributed by atoms with E-state index in [0.717, 1.165) is 0 Å². The van der Waals surface area contributed by atoms with E-state index >= 15 is 0 Å². The van der Waals surface area contributed by atoms with Gasteiger partial charge in [0.2, 0.25) is 5.91 Å². The minimum Gasteiger partial charge on any atom is -0.409 e. The summed E-state index contributed by atoms with van der Waals surface area (Å²) >= 11 is 0. The quantitative estimate of drug-likeness (QED) is 0.350.